The fraction of sp³-hybridized carbons (Fsp3) is 0. The highest BCUT2D eigenvalue weighted by atomic mass is 32.1. The zero-order valence-electron chi connectivity index (χ0n) is 23.2. The van der Waals surface area contributed by atoms with Crippen LogP contribution in [0.1, 0.15) is 0 Å². The molecule has 1 aliphatic heterocycles. The molecule has 2 nitrogen and oxygen atoms in total. The van der Waals surface area contributed by atoms with Gasteiger partial charge in [0, 0.05) is 42.2 Å². The summed E-state index contributed by atoms with van der Waals surface area (Å²) in [6.45, 7) is 0. The van der Waals surface area contributed by atoms with Crippen LogP contribution in [0.15, 0.2) is 152 Å². The van der Waals surface area contributed by atoms with Crippen molar-refractivity contribution < 1.29 is 4.74 Å². The van der Waals surface area contributed by atoms with Crippen LogP contribution < -0.4 is 9.64 Å². The molecule has 43 heavy (non-hydrogen) atoms. The van der Waals surface area contributed by atoms with Crippen LogP contribution in [0.25, 0.3) is 53.2 Å². The van der Waals surface area contributed by atoms with Gasteiger partial charge in [-0.2, -0.15) is 0 Å². The van der Waals surface area contributed by atoms with E-state index in [1.807, 2.05) is 17.4 Å². The van der Waals surface area contributed by atoms with Crippen LogP contribution in [0.5, 0.6) is 11.5 Å². The quantitative estimate of drug-likeness (QED) is 0.210. The predicted octanol–water partition coefficient (Wildman–Crippen LogP) is 12.1. The lowest BCUT2D eigenvalue weighted by atomic mass is 9.92. The molecule has 202 valence electrons. The predicted molar refractivity (Wildman–Crippen MR) is 182 cm³/mol. The van der Waals surface area contributed by atoms with Crippen molar-refractivity contribution in [2.45, 2.75) is 0 Å². The summed E-state index contributed by atoms with van der Waals surface area (Å²) in [7, 11) is 0. The third-order valence-electron chi connectivity index (χ3n) is 8.45. The average Bonchev–Trinajstić information content (AvgIpc) is 3.46. The van der Waals surface area contributed by atoms with Crippen molar-refractivity contribution in [3.8, 4) is 33.8 Å². The second-order valence-electron chi connectivity index (χ2n) is 10.9. The standard InChI is InChI=1S/C40H25NOS/c1-3-11-26(12-4-1)27-21-22-29-30-16-9-17-31-33(23-24-35(39(30)31)42-36(29)25-27)41(28-13-5-2-6-14-28)34-18-10-20-38-40(34)32-15-7-8-19-37(32)43-38/h1-25H. The second-order valence-corrected chi connectivity index (χ2v) is 12.0. The number of nitrogens with zero attached hydrogens (tertiary/aromatic N) is 1. The molecular formula is C40H25NOS. The largest absolute Gasteiger partial charge is 0.456 e. The van der Waals surface area contributed by atoms with Crippen molar-refractivity contribution in [1.29, 1.82) is 0 Å². The molecule has 0 atom stereocenters. The highest BCUT2D eigenvalue weighted by Gasteiger charge is 2.25. The van der Waals surface area contributed by atoms with Gasteiger partial charge in [0.25, 0.3) is 0 Å². The molecule has 0 saturated heterocycles. The van der Waals surface area contributed by atoms with Crippen LogP contribution >= 0.6 is 11.3 Å². The average molecular weight is 568 g/mol. The van der Waals surface area contributed by atoms with Gasteiger partial charge in [0.05, 0.1) is 11.4 Å². The van der Waals surface area contributed by atoms with Gasteiger partial charge in [0.15, 0.2) is 0 Å². The number of thiophene rings is 1. The minimum absolute atomic E-state index is 0.888. The van der Waals surface area contributed by atoms with Crippen molar-refractivity contribution in [3.63, 3.8) is 0 Å². The molecule has 3 heteroatoms. The first-order valence-corrected chi connectivity index (χ1v) is 15.3. The number of hydrogen-bond donors (Lipinski definition) is 0. The molecule has 0 radical (unpaired) electrons. The van der Waals surface area contributed by atoms with Crippen LogP contribution in [-0.2, 0) is 0 Å². The van der Waals surface area contributed by atoms with Crippen molar-refractivity contribution in [2.75, 3.05) is 4.90 Å². The Labute approximate surface area is 253 Å². The maximum Gasteiger partial charge on any atom is 0.136 e. The van der Waals surface area contributed by atoms with E-state index in [2.05, 4.69) is 150 Å². The van der Waals surface area contributed by atoms with Gasteiger partial charge in [-0.05, 0) is 71.3 Å². The van der Waals surface area contributed by atoms with Crippen LogP contribution in [0.3, 0.4) is 0 Å². The first-order valence-electron chi connectivity index (χ1n) is 14.5. The minimum atomic E-state index is 0.888. The maximum atomic E-state index is 6.66. The molecule has 1 aromatic heterocycles. The zero-order chi connectivity index (χ0) is 28.3. The summed E-state index contributed by atoms with van der Waals surface area (Å²) in [5.74, 6) is 1.78. The third-order valence-corrected chi connectivity index (χ3v) is 9.59. The minimum Gasteiger partial charge on any atom is -0.456 e. The lowest BCUT2D eigenvalue weighted by molar-refractivity contribution is 0.487. The Kier molecular flexibility index (Phi) is 5.40. The Morgan fingerprint density at radius 3 is 2.07 bits per heavy atom. The number of hydrogen-bond acceptors (Lipinski definition) is 3. The molecule has 0 aliphatic carbocycles. The maximum absolute atomic E-state index is 6.66. The van der Waals surface area contributed by atoms with E-state index in [0.717, 1.165) is 44.8 Å². The van der Waals surface area contributed by atoms with Gasteiger partial charge in [-0.3, -0.25) is 0 Å². The normalized spacial score (nSPS) is 11.9. The molecule has 0 saturated carbocycles. The van der Waals surface area contributed by atoms with Crippen LogP contribution in [-0.4, -0.2) is 0 Å². The second kappa shape index (κ2) is 9.59. The van der Waals surface area contributed by atoms with E-state index in [1.54, 1.807) is 0 Å². The molecule has 0 bridgehead atoms. The van der Waals surface area contributed by atoms with Crippen molar-refractivity contribution >= 4 is 59.3 Å². The summed E-state index contributed by atoms with van der Waals surface area (Å²) in [6.07, 6.45) is 0. The summed E-state index contributed by atoms with van der Waals surface area (Å²) < 4.78 is 9.24. The van der Waals surface area contributed by atoms with Gasteiger partial charge >= 0.3 is 0 Å². The first kappa shape index (κ1) is 24.2. The Morgan fingerprint density at radius 2 is 1.19 bits per heavy atom. The van der Waals surface area contributed by atoms with Crippen molar-refractivity contribution in [3.05, 3.63) is 152 Å². The molecule has 0 unspecified atom stereocenters. The molecule has 1 aliphatic rings. The van der Waals surface area contributed by atoms with E-state index in [-0.39, 0.29) is 0 Å². The van der Waals surface area contributed by atoms with E-state index >= 15 is 0 Å². The summed E-state index contributed by atoms with van der Waals surface area (Å²) in [5, 5.41) is 4.87. The number of para-hydroxylation sites is 1. The first-order chi connectivity index (χ1) is 21.3. The fourth-order valence-electron chi connectivity index (χ4n) is 6.55. The molecule has 0 fully saturated rings. The highest BCUT2D eigenvalue weighted by molar-refractivity contribution is 7.26. The highest BCUT2D eigenvalue weighted by Crippen LogP contribution is 2.52. The summed E-state index contributed by atoms with van der Waals surface area (Å²) >= 11 is 1.85. The topological polar surface area (TPSA) is 12.5 Å². The number of anilines is 3. The van der Waals surface area contributed by atoms with Crippen molar-refractivity contribution in [2.24, 2.45) is 0 Å². The molecular weight excluding hydrogens is 543 g/mol. The van der Waals surface area contributed by atoms with Gasteiger partial charge in [-0.15, -0.1) is 11.3 Å². The third kappa shape index (κ3) is 3.79. The number of rotatable bonds is 4. The lowest BCUT2D eigenvalue weighted by Crippen LogP contribution is -2.11. The van der Waals surface area contributed by atoms with E-state index < -0.39 is 0 Å². The van der Waals surface area contributed by atoms with E-state index in [9.17, 15) is 0 Å². The number of fused-ring (bicyclic) bond motifs is 5. The SMILES string of the molecule is c1ccc(-c2ccc3c(c2)Oc2ccc(N(c4ccccc4)c4cccc5sc6ccccc6c45)c4cccc-3c24)cc1. The summed E-state index contributed by atoms with van der Waals surface area (Å²) in [6, 6.07) is 54.1. The van der Waals surface area contributed by atoms with Crippen LogP contribution in [0.2, 0.25) is 0 Å². The molecule has 8 aromatic rings. The number of ether oxygens (including phenoxy) is 1. The Morgan fingerprint density at radius 1 is 0.442 bits per heavy atom. The number of benzene rings is 7. The molecule has 0 N–H and O–H groups in total. The molecule has 0 spiro atoms. The van der Waals surface area contributed by atoms with E-state index in [1.165, 1.54) is 37.0 Å². The monoisotopic (exact) mass is 567 g/mol. The smallest absolute Gasteiger partial charge is 0.136 e. The van der Waals surface area contributed by atoms with Crippen molar-refractivity contribution in [1.82, 2.24) is 0 Å². The van der Waals surface area contributed by atoms with Gasteiger partial charge < -0.3 is 9.64 Å². The molecule has 0 amide bonds. The summed E-state index contributed by atoms with van der Waals surface area (Å²) in [5.41, 5.74) is 8.07. The van der Waals surface area contributed by atoms with Gasteiger partial charge in [0.2, 0.25) is 0 Å². The summed E-state index contributed by atoms with van der Waals surface area (Å²) in [4.78, 5) is 2.42. The lowest BCUT2D eigenvalue weighted by Gasteiger charge is -2.30. The Balaban J connectivity index is 1.29. The van der Waals surface area contributed by atoms with E-state index in [0.29, 0.717) is 0 Å². The zero-order valence-corrected chi connectivity index (χ0v) is 24.0. The molecule has 2 heterocycles. The van der Waals surface area contributed by atoms with Crippen LogP contribution in [0, 0.1) is 0 Å². The van der Waals surface area contributed by atoms with Gasteiger partial charge in [0.1, 0.15) is 11.5 Å². The molecule has 7 aromatic carbocycles. The Hall–Kier alpha value is -5.38. The molecule has 9 rings (SSSR count). The van der Waals surface area contributed by atoms with E-state index in [4.69, 9.17) is 4.74 Å². The van der Waals surface area contributed by atoms with Gasteiger partial charge in [-0.1, -0.05) is 97.1 Å². The van der Waals surface area contributed by atoms with Crippen LogP contribution in [0.4, 0.5) is 17.1 Å². The fourth-order valence-corrected chi connectivity index (χ4v) is 7.68. The Bertz CT molecular complexity index is 2320. The van der Waals surface area contributed by atoms with Gasteiger partial charge in [-0.25, -0.2) is 0 Å².